The number of tetrazole rings is 1. The summed E-state index contributed by atoms with van der Waals surface area (Å²) in [7, 11) is 0. The van der Waals surface area contributed by atoms with Gasteiger partial charge >= 0.3 is 0 Å². The second-order valence-corrected chi connectivity index (χ2v) is 7.58. The summed E-state index contributed by atoms with van der Waals surface area (Å²) < 4.78 is 7.13. The highest BCUT2D eigenvalue weighted by atomic mass is 32.2. The van der Waals surface area contributed by atoms with Gasteiger partial charge in [0.15, 0.2) is 0 Å². The Bertz CT molecular complexity index is 1110. The SMILES string of the molecule is CCCCc1ccc(-n2nnnc2SCC(=O)c2nnc(-c3ccccc3)o2)cc1. The van der Waals surface area contributed by atoms with E-state index in [1.165, 1.54) is 17.3 Å². The maximum absolute atomic E-state index is 12.5. The number of nitrogens with zero attached hydrogens (tertiary/aromatic N) is 6. The highest BCUT2D eigenvalue weighted by molar-refractivity contribution is 7.99. The number of Topliss-reactive ketones (excluding diaryl/α,β-unsaturated/α-hetero) is 1. The van der Waals surface area contributed by atoms with Gasteiger partial charge in [-0.3, -0.25) is 4.79 Å². The Labute approximate surface area is 177 Å². The van der Waals surface area contributed by atoms with Crippen LogP contribution in [-0.2, 0) is 6.42 Å². The molecule has 0 N–H and O–H groups in total. The second-order valence-electron chi connectivity index (χ2n) is 6.63. The molecule has 0 saturated carbocycles. The van der Waals surface area contributed by atoms with Crippen LogP contribution in [0.2, 0.25) is 0 Å². The Morgan fingerprint density at radius 3 is 2.60 bits per heavy atom. The molecule has 0 saturated heterocycles. The molecule has 4 aromatic rings. The van der Waals surface area contributed by atoms with Crippen molar-refractivity contribution in [2.45, 2.75) is 31.3 Å². The minimum atomic E-state index is -0.279. The number of carbonyl (C=O) groups excluding carboxylic acids is 1. The van der Waals surface area contributed by atoms with Crippen molar-refractivity contribution >= 4 is 17.5 Å². The van der Waals surface area contributed by atoms with E-state index in [0.29, 0.717) is 11.0 Å². The summed E-state index contributed by atoms with van der Waals surface area (Å²) in [5.41, 5.74) is 2.89. The Balaban J connectivity index is 1.41. The van der Waals surface area contributed by atoms with Crippen LogP contribution in [0.15, 0.2) is 64.2 Å². The molecular formula is C21H20N6O2S. The third-order valence-electron chi connectivity index (χ3n) is 4.46. The van der Waals surface area contributed by atoms with Gasteiger partial charge in [-0.15, -0.1) is 15.3 Å². The Hall–Kier alpha value is -3.33. The zero-order valence-electron chi connectivity index (χ0n) is 16.4. The lowest BCUT2D eigenvalue weighted by atomic mass is 10.1. The van der Waals surface area contributed by atoms with E-state index < -0.39 is 0 Å². The molecule has 30 heavy (non-hydrogen) atoms. The van der Waals surface area contributed by atoms with Crippen molar-refractivity contribution in [3.05, 3.63) is 66.1 Å². The van der Waals surface area contributed by atoms with E-state index in [2.05, 4.69) is 44.8 Å². The number of ketones is 1. The van der Waals surface area contributed by atoms with Crippen LogP contribution < -0.4 is 0 Å². The highest BCUT2D eigenvalue weighted by Crippen LogP contribution is 2.22. The summed E-state index contributed by atoms with van der Waals surface area (Å²) in [5.74, 6) is 0.0995. The molecule has 0 atom stereocenters. The quantitative estimate of drug-likeness (QED) is 0.296. The fourth-order valence-electron chi connectivity index (χ4n) is 2.84. The molecule has 0 fully saturated rings. The van der Waals surface area contributed by atoms with Gasteiger partial charge in [0, 0.05) is 5.56 Å². The number of hydrogen-bond donors (Lipinski definition) is 0. The number of benzene rings is 2. The lowest BCUT2D eigenvalue weighted by Gasteiger charge is -2.05. The van der Waals surface area contributed by atoms with Gasteiger partial charge in [-0.2, -0.15) is 4.68 Å². The molecular weight excluding hydrogens is 400 g/mol. The van der Waals surface area contributed by atoms with E-state index in [4.69, 9.17) is 4.42 Å². The van der Waals surface area contributed by atoms with Crippen LogP contribution in [0, 0.1) is 0 Å². The monoisotopic (exact) mass is 420 g/mol. The first-order valence-electron chi connectivity index (χ1n) is 9.67. The van der Waals surface area contributed by atoms with E-state index in [-0.39, 0.29) is 17.4 Å². The molecule has 0 unspecified atom stereocenters. The zero-order valence-corrected chi connectivity index (χ0v) is 17.2. The number of aromatic nitrogens is 6. The van der Waals surface area contributed by atoms with E-state index in [9.17, 15) is 4.79 Å². The van der Waals surface area contributed by atoms with Gasteiger partial charge in [-0.05, 0) is 53.1 Å². The van der Waals surface area contributed by atoms with Gasteiger partial charge in [0.05, 0.1) is 11.4 Å². The number of carbonyl (C=O) groups is 1. The third kappa shape index (κ3) is 4.62. The molecule has 0 aliphatic heterocycles. The minimum Gasteiger partial charge on any atom is -0.414 e. The van der Waals surface area contributed by atoms with Gasteiger partial charge in [0.25, 0.3) is 5.89 Å². The number of thioether (sulfide) groups is 1. The largest absolute Gasteiger partial charge is 0.414 e. The van der Waals surface area contributed by atoms with E-state index in [1.807, 2.05) is 42.5 Å². The van der Waals surface area contributed by atoms with Gasteiger partial charge in [-0.1, -0.05) is 55.4 Å². The molecule has 0 bridgehead atoms. The smallest absolute Gasteiger partial charge is 0.285 e. The van der Waals surface area contributed by atoms with Gasteiger partial charge in [0.2, 0.25) is 16.8 Å². The summed E-state index contributed by atoms with van der Waals surface area (Å²) in [6.07, 6.45) is 3.38. The van der Waals surface area contributed by atoms with E-state index in [0.717, 1.165) is 30.5 Å². The van der Waals surface area contributed by atoms with Gasteiger partial charge < -0.3 is 4.42 Å². The van der Waals surface area contributed by atoms with Crippen molar-refractivity contribution < 1.29 is 9.21 Å². The average molecular weight is 420 g/mol. The first-order chi connectivity index (χ1) is 14.7. The summed E-state index contributed by atoms with van der Waals surface area (Å²) in [6.45, 7) is 2.18. The molecule has 8 nitrogen and oxygen atoms in total. The number of aryl methyl sites for hydroxylation is 1. The fraction of sp³-hybridized carbons (Fsp3) is 0.238. The molecule has 0 aliphatic carbocycles. The molecule has 0 amide bonds. The van der Waals surface area contributed by atoms with Crippen molar-refractivity contribution in [2.24, 2.45) is 0 Å². The van der Waals surface area contributed by atoms with E-state index >= 15 is 0 Å². The molecule has 2 aromatic carbocycles. The summed E-state index contributed by atoms with van der Waals surface area (Å²) in [5, 5.41) is 20.2. The van der Waals surface area contributed by atoms with Crippen molar-refractivity contribution in [2.75, 3.05) is 5.75 Å². The van der Waals surface area contributed by atoms with Crippen molar-refractivity contribution in [3.8, 4) is 17.1 Å². The van der Waals surface area contributed by atoms with Crippen LogP contribution in [0.1, 0.15) is 36.0 Å². The lowest BCUT2D eigenvalue weighted by molar-refractivity contribution is 0.0986. The van der Waals surface area contributed by atoms with Crippen molar-refractivity contribution in [1.29, 1.82) is 0 Å². The number of rotatable bonds is 9. The molecule has 0 radical (unpaired) electrons. The lowest BCUT2D eigenvalue weighted by Crippen LogP contribution is -2.05. The Morgan fingerprint density at radius 2 is 1.83 bits per heavy atom. The van der Waals surface area contributed by atoms with Crippen molar-refractivity contribution in [3.63, 3.8) is 0 Å². The van der Waals surface area contributed by atoms with Gasteiger partial charge in [0.1, 0.15) is 0 Å². The van der Waals surface area contributed by atoms with Crippen LogP contribution in [0.5, 0.6) is 0 Å². The predicted molar refractivity (Wildman–Crippen MR) is 113 cm³/mol. The third-order valence-corrected chi connectivity index (χ3v) is 5.38. The number of hydrogen-bond acceptors (Lipinski definition) is 8. The molecule has 0 aliphatic rings. The van der Waals surface area contributed by atoms with Gasteiger partial charge in [-0.25, -0.2) is 0 Å². The van der Waals surface area contributed by atoms with Crippen LogP contribution in [0.25, 0.3) is 17.1 Å². The topological polar surface area (TPSA) is 99.6 Å². The first kappa shape index (κ1) is 20.0. The Kier molecular flexibility index (Phi) is 6.29. The average Bonchev–Trinajstić information content (AvgIpc) is 3.47. The molecule has 0 spiro atoms. The zero-order chi connectivity index (χ0) is 20.8. The van der Waals surface area contributed by atoms with Crippen molar-refractivity contribution in [1.82, 2.24) is 30.4 Å². The molecule has 2 aromatic heterocycles. The molecule has 4 rings (SSSR count). The van der Waals surface area contributed by atoms with Crippen LogP contribution in [0.4, 0.5) is 0 Å². The van der Waals surface area contributed by atoms with Crippen LogP contribution in [0.3, 0.4) is 0 Å². The molecule has 9 heteroatoms. The normalized spacial score (nSPS) is 11.0. The molecule has 2 heterocycles. The Morgan fingerprint density at radius 1 is 1.03 bits per heavy atom. The van der Waals surface area contributed by atoms with Crippen LogP contribution in [-0.4, -0.2) is 41.9 Å². The minimum absolute atomic E-state index is 0.0272. The first-order valence-corrected chi connectivity index (χ1v) is 10.7. The summed E-state index contributed by atoms with van der Waals surface area (Å²) >= 11 is 1.22. The molecule has 152 valence electrons. The fourth-order valence-corrected chi connectivity index (χ4v) is 3.58. The maximum Gasteiger partial charge on any atom is 0.285 e. The van der Waals surface area contributed by atoms with Crippen LogP contribution >= 0.6 is 11.8 Å². The maximum atomic E-state index is 12.5. The van der Waals surface area contributed by atoms with E-state index in [1.54, 1.807) is 4.68 Å². The summed E-state index contributed by atoms with van der Waals surface area (Å²) in [6, 6.07) is 17.4. The highest BCUT2D eigenvalue weighted by Gasteiger charge is 2.18. The summed E-state index contributed by atoms with van der Waals surface area (Å²) in [4.78, 5) is 12.5. The standard InChI is InChI=1S/C21H20N6O2S/c1-2-3-7-15-10-12-17(13-11-15)27-21(24-25-26-27)30-14-18(28)20-23-22-19(29-20)16-8-5-4-6-9-16/h4-6,8-13H,2-3,7,14H2,1H3. The second kappa shape index (κ2) is 9.45. The predicted octanol–water partition coefficient (Wildman–Crippen LogP) is 4.03. The number of unbranched alkanes of at least 4 members (excludes halogenated alkanes) is 1.